The van der Waals surface area contributed by atoms with E-state index in [9.17, 15) is 22.0 Å². The maximum atomic E-state index is 12.8. The summed E-state index contributed by atoms with van der Waals surface area (Å²) in [6.07, 6.45) is -4.84. The smallest absolute Gasteiger partial charge is 0.316 e. The van der Waals surface area contributed by atoms with Crippen molar-refractivity contribution in [2.24, 2.45) is 5.73 Å². The van der Waals surface area contributed by atoms with Gasteiger partial charge < -0.3 is 5.73 Å². The molecular weight excluding hydrogens is 221 g/mol. The molecule has 1 heterocycles. The molecule has 0 aliphatic heterocycles. The van der Waals surface area contributed by atoms with Crippen LogP contribution in [0.4, 0.5) is 22.0 Å². The van der Waals surface area contributed by atoms with E-state index in [1.54, 1.807) is 5.10 Å². The second-order valence-electron chi connectivity index (χ2n) is 3.51. The van der Waals surface area contributed by atoms with Crippen molar-refractivity contribution >= 4 is 0 Å². The van der Waals surface area contributed by atoms with E-state index in [4.69, 9.17) is 5.73 Å². The van der Waals surface area contributed by atoms with Crippen LogP contribution in [0.3, 0.4) is 0 Å². The molecule has 15 heavy (non-hydrogen) atoms. The predicted molar refractivity (Wildman–Crippen MR) is 39.0 cm³/mol. The van der Waals surface area contributed by atoms with Gasteiger partial charge in [-0.15, -0.1) is 0 Å². The minimum Gasteiger partial charge on any atom is -0.316 e. The second-order valence-corrected chi connectivity index (χ2v) is 3.51. The van der Waals surface area contributed by atoms with Crippen molar-refractivity contribution in [1.82, 2.24) is 10.2 Å². The largest absolute Gasteiger partial charge is 0.433 e. The fourth-order valence-corrected chi connectivity index (χ4v) is 1.44. The number of nitrogens with one attached hydrogen (secondary N) is 1. The highest BCUT2D eigenvalue weighted by Gasteiger charge is 2.71. The van der Waals surface area contributed by atoms with Crippen LogP contribution in [0.5, 0.6) is 0 Å². The summed E-state index contributed by atoms with van der Waals surface area (Å²) in [6, 6.07) is 0. The zero-order chi connectivity index (χ0) is 11.5. The van der Waals surface area contributed by atoms with Gasteiger partial charge in [0, 0.05) is 12.0 Å². The van der Waals surface area contributed by atoms with E-state index in [2.05, 4.69) is 5.10 Å². The van der Waals surface area contributed by atoms with Gasteiger partial charge in [0.15, 0.2) is 0 Å². The lowest BCUT2D eigenvalue weighted by Crippen LogP contribution is -2.29. The highest BCUT2D eigenvalue weighted by molar-refractivity contribution is 5.38. The van der Waals surface area contributed by atoms with E-state index in [0.717, 1.165) is 0 Å². The van der Waals surface area contributed by atoms with Crippen LogP contribution in [0.15, 0.2) is 6.20 Å². The molecule has 1 aliphatic rings. The van der Waals surface area contributed by atoms with Crippen molar-refractivity contribution in [3.8, 4) is 0 Å². The molecule has 1 aromatic heterocycles. The van der Waals surface area contributed by atoms with Crippen molar-refractivity contribution < 1.29 is 22.0 Å². The lowest BCUT2D eigenvalue weighted by Gasteiger charge is -2.12. The van der Waals surface area contributed by atoms with Crippen LogP contribution in [0.1, 0.15) is 17.7 Å². The van der Waals surface area contributed by atoms with Gasteiger partial charge in [0.2, 0.25) is 0 Å². The third-order valence-corrected chi connectivity index (χ3v) is 2.43. The highest BCUT2D eigenvalue weighted by atomic mass is 19.4. The van der Waals surface area contributed by atoms with Gasteiger partial charge in [-0.3, -0.25) is 5.10 Å². The third-order valence-electron chi connectivity index (χ3n) is 2.43. The minimum absolute atomic E-state index is 0.681. The van der Waals surface area contributed by atoms with Crippen LogP contribution in [-0.4, -0.2) is 16.1 Å². The first kappa shape index (κ1) is 10.3. The molecule has 0 radical (unpaired) electrons. The Balaban J connectivity index is 2.44. The van der Waals surface area contributed by atoms with Crippen molar-refractivity contribution in [2.75, 3.05) is 0 Å². The first-order valence-electron chi connectivity index (χ1n) is 3.96. The molecule has 0 spiro atoms. The molecule has 1 atom stereocenters. The monoisotopic (exact) mass is 227 g/mol. The Bertz CT molecular complexity index is 396. The van der Waals surface area contributed by atoms with Crippen molar-refractivity contribution in [3.05, 3.63) is 17.5 Å². The number of halogens is 5. The van der Waals surface area contributed by atoms with Gasteiger partial charge in [0.25, 0.3) is 5.92 Å². The fourth-order valence-electron chi connectivity index (χ4n) is 1.44. The first-order valence-corrected chi connectivity index (χ1v) is 3.96. The first-order chi connectivity index (χ1) is 6.68. The molecular formula is C7H6F5N3. The van der Waals surface area contributed by atoms with Crippen molar-refractivity contribution in [3.63, 3.8) is 0 Å². The molecule has 1 fully saturated rings. The van der Waals surface area contributed by atoms with E-state index in [-0.39, 0.29) is 0 Å². The van der Waals surface area contributed by atoms with Gasteiger partial charge >= 0.3 is 6.18 Å². The van der Waals surface area contributed by atoms with Gasteiger partial charge in [-0.25, -0.2) is 8.78 Å². The molecule has 8 heteroatoms. The van der Waals surface area contributed by atoms with Gasteiger partial charge in [-0.1, -0.05) is 0 Å². The topological polar surface area (TPSA) is 54.7 Å². The molecule has 0 amide bonds. The van der Waals surface area contributed by atoms with Crippen LogP contribution < -0.4 is 5.73 Å². The van der Waals surface area contributed by atoms with Crippen LogP contribution in [0, 0.1) is 0 Å². The van der Waals surface area contributed by atoms with E-state index >= 15 is 0 Å². The molecule has 0 aromatic carbocycles. The summed E-state index contributed by atoms with van der Waals surface area (Å²) >= 11 is 0. The lowest BCUT2D eigenvalue weighted by molar-refractivity contribution is -0.142. The van der Waals surface area contributed by atoms with Gasteiger partial charge in [-0.05, 0) is 0 Å². The molecule has 3 N–H and O–H groups in total. The molecule has 1 saturated carbocycles. The molecule has 1 aliphatic carbocycles. The average molecular weight is 227 g/mol. The zero-order valence-corrected chi connectivity index (χ0v) is 7.20. The molecule has 1 aromatic rings. The molecule has 0 bridgehead atoms. The van der Waals surface area contributed by atoms with E-state index in [1.165, 1.54) is 0 Å². The van der Waals surface area contributed by atoms with Crippen LogP contribution in [0.25, 0.3) is 0 Å². The molecule has 84 valence electrons. The molecule has 1 unspecified atom stereocenters. The minimum atomic E-state index is -4.75. The quantitative estimate of drug-likeness (QED) is 0.716. The summed E-state index contributed by atoms with van der Waals surface area (Å²) < 4.78 is 62.5. The Hall–Kier alpha value is -1.18. The number of hydrogen-bond donors (Lipinski definition) is 2. The number of nitrogens with zero attached hydrogens (tertiary/aromatic N) is 1. The third kappa shape index (κ3) is 1.31. The molecule has 3 nitrogen and oxygen atoms in total. The highest BCUT2D eigenvalue weighted by Crippen LogP contribution is 2.59. The summed E-state index contributed by atoms with van der Waals surface area (Å²) in [5, 5.41) is 4.74. The van der Waals surface area contributed by atoms with E-state index in [1.807, 2.05) is 0 Å². The molecule has 0 saturated heterocycles. The van der Waals surface area contributed by atoms with Crippen LogP contribution in [-0.2, 0) is 11.7 Å². The van der Waals surface area contributed by atoms with Crippen LogP contribution >= 0.6 is 0 Å². The SMILES string of the molecule is NC1(c2cn[nH]c2C(F)(F)F)CC1(F)F. The number of alkyl halides is 5. The summed E-state index contributed by atoms with van der Waals surface area (Å²) in [5.74, 6) is -3.29. The fraction of sp³-hybridized carbons (Fsp3) is 0.571. The van der Waals surface area contributed by atoms with Gasteiger partial charge in [0.05, 0.1) is 6.20 Å². The van der Waals surface area contributed by atoms with Gasteiger partial charge in [-0.2, -0.15) is 18.3 Å². The Morgan fingerprint density at radius 1 is 1.40 bits per heavy atom. The van der Waals surface area contributed by atoms with Crippen LogP contribution in [0.2, 0.25) is 0 Å². The molecule has 2 rings (SSSR count). The van der Waals surface area contributed by atoms with Gasteiger partial charge in [0.1, 0.15) is 11.2 Å². The number of aromatic nitrogens is 2. The Morgan fingerprint density at radius 3 is 2.33 bits per heavy atom. The van der Waals surface area contributed by atoms with Crippen molar-refractivity contribution in [1.29, 1.82) is 0 Å². The lowest BCUT2D eigenvalue weighted by atomic mass is 10.1. The second kappa shape index (κ2) is 2.49. The number of aromatic amines is 1. The average Bonchev–Trinajstić information content (AvgIpc) is 2.51. The zero-order valence-electron chi connectivity index (χ0n) is 7.20. The Morgan fingerprint density at radius 2 is 1.93 bits per heavy atom. The number of rotatable bonds is 1. The van der Waals surface area contributed by atoms with Crippen molar-refractivity contribution in [2.45, 2.75) is 24.1 Å². The summed E-state index contributed by atoms with van der Waals surface area (Å²) in [6.45, 7) is 0. The number of hydrogen-bond acceptors (Lipinski definition) is 2. The number of H-pyrrole nitrogens is 1. The Labute approximate surface area is 80.5 Å². The Kier molecular flexibility index (Phi) is 1.72. The van der Waals surface area contributed by atoms with E-state index < -0.39 is 35.3 Å². The number of nitrogens with two attached hydrogens (primary N) is 1. The maximum absolute atomic E-state index is 12.8. The van der Waals surface area contributed by atoms with E-state index in [0.29, 0.717) is 6.20 Å². The maximum Gasteiger partial charge on any atom is 0.433 e. The standard InChI is InChI=1S/C7H6F5N3/c8-6(9)2-5(6,13)3-1-14-15-4(3)7(10,11)12/h1H,2,13H2,(H,14,15). The normalized spacial score (nSPS) is 29.2. The summed E-state index contributed by atoms with van der Waals surface area (Å²) in [7, 11) is 0. The summed E-state index contributed by atoms with van der Waals surface area (Å²) in [4.78, 5) is 0. The summed E-state index contributed by atoms with van der Waals surface area (Å²) in [5.41, 5.74) is 0.962. The predicted octanol–water partition coefficient (Wildman–Crippen LogP) is 1.62.